The molecule has 0 aromatic rings. The Labute approximate surface area is 300 Å². The third-order valence-corrected chi connectivity index (χ3v) is 9.63. The van der Waals surface area contributed by atoms with Gasteiger partial charge in [-0.2, -0.15) is 0 Å². The summed E-state index contributed by atoms with van der Waals surface area (Å²) in [6, 6.07) is 0. The van der Waals surface area contributed by atoms with Gasteiger partial charge in [0.05, 0.1) is 13.2 Å². The van der Waals surface area contributed by atoms with E-state index in [-0.39, 0.29) is 38.6 Å². The molecule has 0 saturated carbocycles. The van der Waals surface area contributed by atoms with Crippen LogP contribution in [-0.2, 0) is 32.7 Å². The summed E-state index contributed by atoms with van der Waals surface area (Å²) in [6.07, 6.45) is 35.1. The van der Waals surface area contributed by atoms with Gasteiger partial charge in [0, 0.05) is 12.8 Å². The minimum absolute atomic E-state index is 0.102. The van der Waals surface area contributed by atoms with E-state index in [4.69, 9.17) is 18.5 Å². The summed E-state index contributed by atoms with van der Waals surface area (Å²) in [7, 11) is -4.58. The number of unbranched alkanes of at least 4 members (excludes halogenated alkanes) is 23. The van der Waals surface area contributed by atoms with Gasteiger partial charge in [0.15, 0.2) is 6.10 Å². The van der Waals surface area contributed by atoms with Gasteiger partial charge in [-0.25, -0.2) is 0 Å². The lowest BCUT2D eigenvalue weighted by Gasteiger charge is -2.25. The number of hydrogen-bond donors (Lipinski definition) is 1. The summed E-state index contributed by atoms with van der Waals surface area (Å²) < 4.78 is 32.4. The summed E-state index contributed by atoms with van der Waals surface area (Å²) >= 11 is 0. The standard InChI is InChI=1S/C39H76NO8P/c1-3-5-7-9-11-13-15-17-18-20-22-24-26-28-30-32-39(42)48-37(36-47-49(43,44)46-34-33-40)35-45-38(41)31-29-27-25-23-21-19-16-14-12-10-8-6-4-2/h13,15,37H,3-12,14,16-36,40H2,1-2H3,(H,43,44)/b15-13-/t37-/m1/s1. The van der Waals surface area contributed by atoms with Gasteiger partial charge in [-0.3, -0.25) is 14.2 Å². The van der Waals surface area contributed by atoms with Crippen LogP contribution in [0.2, 0.25) is 0 Å². The number of allylic oxidation sites excluding steroid dienone is 2. The fourth-order valence-corrected chi connectivity index (χ4v) is 6.41. The molecule has 0 heterocycles. The van der Waals surface area contributed by atoms with Crippen molar-refractivity contribution in [2.45, 2.75) is 200 Å². The molecule has 1 unspecified atom stereocenters. The number of hydrogen-bond acceptors (Lipinski definition) is 8. The van der Waals surface area contributed by atoms with E-state index in [9.17, 15) is 19.0 Å². The van der Waals surface area contributed by atoms with Crippen molar-refractivity contribution in [3.05, 3.63) is 12.2 Å². The summed E-state index contributed by atoms with van der Waals surface area (Å²) in [5.74, 6) is -0.844. The van der Waals surface area contributed by atoms with Gasteiger partial charge in [-0.15, -0.1) is 0 Å². The largest absolute Gasteiger partial charge is 0.756 e. The zero-order valence-electron chi connectivity index (χ0n) is 31.8. The average molecular weight is 718 g/mol. The lowest BCUT2D eigenvalue weighted by molar-refractivity contribution is -0.373. The summed E-state index contributed by atoms with van der Waals surface area (Å²) in [4.78, 5) is 36.9. The Morgan fingerprint density at radius 3 is 1.47 bits per heavy atom. The first-order valence-corrected chi connectivity index (χ1v) is 21.7. The van der Waals surface area contributed by atoms with E-state index in [2.05, 4.69) is 31.7 Å². The second-order valence-electron chi connectivity index (χ2n) is 13.6. The number of carbonyl (C=O) groups excluding carboxylic acids is 2. The number of esters is 2. The van der Waals surface area contributed by atoms with Crippen LogP contribution in [0, 0.1) is 0 Å². The fraction of sp³-hybridized carbons (Fsp3) is 0.897. The van der Waals surface area contributed by atoms with Gasteiger partial charge in [-0.1, -0.05) is 154 Å². The molecule has 0 aromatic heterocycles. The van der Waals surface area contributed by atoms with Crippen molar-refractivity contribution >= 4 is 19.8 Å². The molecule has 0 aromatic carbocycles. The number of phosphoric acid groups is 1. The Bertz CT molecular complexity index is 825. The highest BCUT2D eigenvalue weighted by atomic mass is 31.2. The SMILES string of the molecule is CCCCCC/C=C\CCCCCCCCCC(=O)O[C@H](COC(=O)CCCCCCCCCCCCCCC)COP(=O)([O-])OCC[NH3+]. The van der Waals surface area contributed by atoms with Gasteiger partial charge in [-0.05, 0) is 38.5 Å². The molecular weight excluding hydrogens is 641 g/mol. The van der Waals surface area contributed by atoms with Crippen LogP contribution in [0.25, 0.3) is 0 Å². The molecule has 9 nitrogen and oxygen atoms in total. The summed E-state index contributed by atoms with van der Waals surface area (Å²) in [5, 5.41) is 0. The Hall–Kier alpha value is -1.25. The molecule has 290 valence electrons. The van der Waals surface area contributed by atoms with Gasteiger partial charge in [0.25, 0.3) is 7.82 Å². The van der Waals surface area contributed by atoms with Crippen molar-refractivity contribution in [2.75, 3.05) is 26.4 Å². The second-order valence-corrected chi connectivity index (χ2v) is 15.0. The van der Waals surface area contributed by atoms with E-state index in [1.165, 1.54) is 116 Å². The molecule has 0 bridgehead atoms. The van der Waals surface area contributed by atoms with E-state index in [1.54, 1.807) is 0 Å². The smallest absolute Gasteiger partial charge is 0.306 e. The Kier molecular flexibility index (Phi) is 35.6. The number of ether oxygens (including phenoxy) is 2. The number of carbonyl (C=O) groups is 2. The molecule has 0 aliphatic carbocycles. The van der Waals surface area contributed by atoms with E-state index in [0.717, 1.165) is 44.9 Å². The molecule has 0 amide bonds. The molecular formula is C39H76NO8P. The van der Waals surface area contributed by atoms with Crippen molar-refractivity contribution in [2.24, 2.45) is 0 Å². The van der Waals surface area contributed by atoms with Crippen molar-refractivity contribution < 1.29 is 43.3 Å². The van der Waals surface area contributed by atoms with Gasteiger partial charge in [0.1, 0.15) is 13.2 Å². The molecule has 10 heteroatoms. The van der Waals surface area contributed by atoms with Gasteiger partial charge < -0.3 is 29.1 Å². The van der Waals surface area contributed by atoms with Gasteiger partial charge in [0.2, 0.25) is 0 Å². The average Bonchev–Trinajstić information content (AvgIpc) is 3.08. The highest BCUT2D eigenvalue weighted by Crippen LogP contribution is 2.38. The van der Waals surface area contributed by atoms with Crippen LogP contribution in [0.1, 0.15) is 194 Å². The molecule has 0 rings (SSSR count). The summed E-state index contributed by atoms with van der Waals surface area (Å²) in [6.45, 7) is 3.92. The minimum Gasteiger partial charge on any atom is -0.756 e. The molecule has 0 saturated heterocycles. The van der Waals surface area contributed by atoms with Crippen LogP contribution in [0.15, 0.2) is 12.2 Å². The lowest BCUT2D eigenvalue weighted by Crippen LogP contribution is -2.52. The highest BCUT2D eigenvalue weighted by Gasteiger charge is 2.21. The van der Waals surface area contributed by atoms with Crippen LogP contribution in [0.3, 0.4) is 0 Å². The molecule has 0 fully saturated rings. The van der Waals surface area contributed by atoms with E-state index in [0.29, 0.717) is 6.42 Å². The molecule has 2 atom stereocenters. The maximum absolute atomic E-state index is 12.5. The second kappa shape index (κ2) is 36.5. The Morgan fingerprint density at radius 2 is 1.00 bits per heavy atom. The van der Waals surface area contributed by atoms with Crippen molar-refractivity contribution in [3.63, 3.8) is 0 Å². The highest BCUT2D eigenvalue weighted by molar-refractivity contribution is 7.45. The minimum atomic E-state index is -4.58. The molecule has 0 radical (unpaired) electrons. The first kappa shape index (κ1) is 47.8. The summed E-state index contributed by atoms with van der Waals surface area (Å²) in [5.41, 5.74) is 3.55. The van der Waals surface area contributed by atoms with Crippen molar-refractivity contribution in [1.29, 1.82) is 0 Å². The number of phosphoric ester groups is 1. The zero-order valence-corrected chi connectivity index (χ0v) is 32.7. The molecule has 0 spiro atoms. The van der Waals surface area contributed by atoms with Crippen LogP contribution in [0.4, 0.5) is 0 Å². The zero-order chi connectivity index (χ0) is 36.1. The van der Waals surface area contributed by atoms with E-state index in [1.807, 2.05) is 0 Å². The Balaban J connectivity index is 4.18. The van der Waals surface area contributed by atoms with Crippen molar-refractivity contribution in [1.82, 2.24) is 0 Å². The number of rotatable bonds is 38. The third-order valence-electron chi connectivity index (χ3n) is 8.67. The van der Waals surface area contributed by atoms with Crippen LogP contribution >= 0.6 is 7.82 Å². The van der Waals surface area contributed by atoms with Crippen LogP contribution < -0.4 is 10.6 Å². The first-order chi connectivity index (χ1) is 23.8. The molecule has 3 N–H and O–H groups in total. The van der Waals surface area contributed by atoms with Crippen molar-refractivity contribution in [3.8, 4) is 0 Å². The Morgan fingerprint density at radius 1 is 0.592 bits per heavy atom. The molecule has 0 aliphatic heterocycles. The quantitative estimate of drug-likeness (QED) is 0.0288. The van der Waals surface area contributed by atoms with Gasteiger partial charge >= 0.3 is 11.9 Å². The fourth-order valence-electron chi connectivity index (χ4n) is 5.63. The molecule has 0 aliphatic rings. The predicted octanol–water partition coefficient (Wildman–Crippen LogP) is 9.70. The maximum atomic E-state index is 12.5. The monoisotopic (exact) mass is 718 g/mol. The van der Waals surface area contributed by atoms with Crippen LogP contribution in [-0.4, -0.2) is 44.4 Å². The maximum Gasteiger partial charge on any atom is 0.306 e. The predicted molar refractivity (Wildman–Crippen MR) is 198 cm³/mol. The third kappa shape index (κ3) is 36.3. The topological polar surface area (TPSA) is 139 Å². The first-order valence-electron chi connectivity index (χ1n) is 20.2. The molecule has 49 heavy (non-hydrogen) atoms. The normalized spacial score (nSPS) is 13.5. The lowest BCUT2D eigenvalue weighted by atomic mass is 10.0. The van der Waals surface area contributed by atoms with E-state index >= 15 is 0 Å². The number of quaternary nitrogens is 1. The van der Waals surface area contributed by atoms with Crippen LogP contribution in [0.5, 0.6) is 0 Å². The van der Waals surface area contributed by atoms with E-state index < -0.39 is 26.5 Å².